The predicted molar refractivity (Wildman–Crippen MR) is 88.7 cm³/mol. The summed E-state index contributed by atoms with van der Waals surface area (Å²) in [6.07, 6.45) is 2.56. The lowest BCUT2D eigenvalue weighted by Gasteiger charge is -2.12. The van der Waals surface area contributed by atoms with Crippen LogP contribution in [0.1, 0.15) is 12.8 Å². The number of fused-ring (bicyclic) bond motifs is 1. The minimum atomic E-state index is 0.462. The zero-order chi connectivity index (χ0) is 14.1. The van der Waals surface area contributed by atoms with Gasteiger partial charge in [-0.05, 0) is 47.0 Å². The average Bonchev–Trinajstić information content (AvgIpc) is 3.21. The van der Waals surface area contributed by atoms with Gasteiger partial charge in [-0.15, -0.1) is 0 Å². The Morgan fingerprint density at radius 1 is 1.30 bits per heavy atom. The minimum Gasteiger partial charge on any atom is -0.489 e. The maximum Gasteiger partial charge on any atom is 0.159 e. The Kier molecular flexibility index (Phi) is 4.50. The summed E-state index contributed by atoms with van der Waals surface area (Å²) in [5, 5.41) is 4.87. The molecule has 1 fully saturated rings. The molecule has 1 N–H and O–H groups in total. The van der Waals surface area contributed by atoms with Crippen LogP contribution in [0.2, 0.25) is 5.15 Å². The fourth-order valence-corrected chi connectivity index (χ4v) is 3.54. The summed E-state index contributed by atoms with van der Waals surface area (Å²) in [6.45, 7) is 1.45. The van der Waals surface area contributed by atoms with Gasteiger partial charge in [-0.25, -0.2) is 4.98 Å². The first kappa shape index (κ1) is 14.6. The Labute approximate surface area is 139 Å². The maximum atomic E-state index is 6.00. The van der Waals surface area contributed by atoms with Crippen LogP contribution in [0.4, 0.5) is 0 Å². The Morgan fingerprint density at radius 3 is 2.85 bits per heavy atom. The van der Waals surface area contributed by atoms with Crippen LogP contribution >= 0.6 is 43.5 Å². The zero-order valence-electron chi connectivity index (χ0n) is 10.6. The van der Waals surface area contributed by atoms with Crippen molar-refractivity contribution in [2.75, 3.05) is 13.2 Å². The second-order valence-corrected chi connectivity index (χ2v) is 6.87. The number of rotatable bonds is 5. The fourth-order valence-electron chi connectivity index (χ4n) is 2.01. The van der Waals surface area contributed by atoms with Crippen molar-refractivity contribution in [2.45, 2.75) is 18.9 Å². The molecule has 1 aromatic heterocycles. The van der Waals surface area contributed by atoms with E-state index in [-0.39, 0.29) is 0 Å². The van der Waals surface area contributed by atoms with Gasteiger partial charge in [-0.1, -0.05) is 27.5 Å². The molecule has 106 valence electrons. The molecule has 0 spiro atoms. The molecule has 6 heteroatoms. The first-order valence-electron chi connectivity index (χ1n) is 6.45. The van der Waals surface area contributed by atoms with Crippen molar-refractivity contribution in [1.29, 1.82) is 0 Å². The lowest BCUT2D eigenvalue weighted by atomic mass is 10.2. The van der Waals surface area contributed by atoms with Crippen LogP contribution in [0.15, 0.2) is 27.1 Å². The quantitative estimate of drug-likeness (QED) is 0.570. The predicted octanol–water partition coefficient (Wildman–Crippen LogP) is 4.54. The van der Waals surface area contributed by atoms with Crippen LogP contribution in [0.3, 0.4) is 0 Å². The van der Waals surface area contributed by atoms with Gasteiger partial charge in [0, 0.05) is 22.4 Å². The maximum absolute atomic E-state index is 6.00. The molecular weight excluding hydrogens is 407 g/mol. The van der Waals surface area contributed by atoms with Crippen molar-refractivity contribution >= 4 is 54.4 Å². The van der Waals surface area contributed by atoms with Crippen LogP contribution in [-0.4, -0.2) is 24.2 Å². The minimum absolute atomic E-state index is 0.462. The first-order valence-corrected chi connectivity index (χ1v) is 8.42. The number of pyridine rings is 1. The summed E-state index contributed by atoms with van der Waals surface area (Å²) in [6, 6.07) is 6.38. The van der Waals surface area contributed by atoms with E-state index >= 15 is 0 Å². The molecule has 20 heavy (non-hydrogen) atoms. The molecule has 0 bridgehead atoms. The number of ether oxygens (including phenoxy) is 1. The average molecular weight is 421 g/mol. The third kappa shape index (κ3) is 3.27. The standard InChI is InChI=1S/C14H13Br2ClN2O/c15-10-7-11(16)14(20-6-5-18-8-1-2-8)13-9(10)3-4-12(17)19-13/h3-4,7-8,18H,1-2,5-6H2. The van der Waals surface area contributed by atoms with E-state index < -0.39 is 0 Å². The van der Waals surface area contributed by atoms with Crippen LogP contribution < -0.4 is 10.1 Å². The number of nitrogens with one attached hydrogen (secondary N) is 1. The third-order valence-electron chi connectivity index (χ3n) is 3.16. The van der Waals surface area contributed by atoms with E-state index in [4.69, 9.17) is 16.3 Å². The molecule has 0 atom stereocenters. The topological polar surface area (TPSA) is 34.1 Å². The van der Waals surface area contributed by atoms with Crippen molar-refractivity contribution in [3.63, 3.8) is 0 Å². The van der Waals surface area contributed by atoms with Gasteiger partial charge in [0.2, 0.25) is 0 Å². The highest BCUT2D eigenvalue weighted by atomic mass is 79.9. The monoisotopic (exact) mass is 418 g/mol. The second-order valence-electron chi connectivity index (χ2n) is 4.78. The van der Waals surface area contributed by atoms with Crippen molar-refractivity contribution < 1.29 is 4.74 Å². The molecule has 0 radical (unpaired) electrons. The summed E-state index contributed by atoms with van der Waals surface area (Å²) in [5.74, 6) is 0.739. The number of nitrogens with zero attached hydrogens (tertiary/aromatic N) is 1. The summed E-state index contributed by atoms with van der Waals surface area (Å²) < 4.78 is 7.72. The SMILES string of the molecule is Clc1ccc2c(Br)cc(Br)c(OCCNC3CC3)c2n1. The lowest BCUT2D eigenvalue weighted by molar-refractivity contribution is 0.314. The molecular formula is C14H13Br2ClN2O. The molecule has 0 unspecified atom stereocenters. The summed E-state index contributed by atoms with van der Waals surface area (Å²) in [5.41, 5.74) is 0.769. The summed E-state index contributed by atoms with van der Waals surface area (Å²) in [7, 11) is 0. The van der Waals surface area contributed by atoms with E-state index in [1.807, 2.05) is 12.1 Å². The van der Waals surface area contributed by atoms with Gasteiger partial charge in [0.25, 0.3) is 0 Å². The van der Waals surface area contributed by atoms with Gasteiger partial charge < -0.3 is 10.1 Å². The molecule has 2 aromatic rings. The number of hydrogen-bond donors (Lipinski definition) is 1. The fraction of sp³-hybridized carbons (Fsp3) is 0.357. The molecule has 0 amide bonds. The molecule has 1 heterocycles. The van der Waals surface area contributed by atoms with Gasteiger partial charge in [-0.2, -0.15) is 0 Å². The first-order chi connectivity index (χ1) is 9.65. The van der Waals surface area contributed by atoms with Crippen LogP contribution in [0.5, 0.6) is 5.75 Å². The third-order valence-corrected chi connectivity index (χ3v) is 4.62. The Bertz CT molecular complexity index is 647. The largest absolute Gasteiger partial charge is 0.489 e. The van der Waals surface area contributed by atoms with Gasteiger partial charge in [0.05, 0.1) is 4.47 Å². The van der Waals surface area contributed by atoms with Crippen LogP contribution in [-0.2, 0) is 0 Å². The van der Waals surface area contributed by atoms with E-state index in [0.29, 0.717) is 17.8 Å². The van der Waals surface area contributed by atoms with Gasteiger partial charge >= 0.3 is 0 Å². The second kappa shape index (κ2) is 6.18. The van der Waals surface area contributed by atoms with Crippen molar-refractivity contribution in [3.05, 3.63) is 32.3 Å². The Morgan fingerprint density at radius 2 is 2.10 bits per heavy atom. The van der Waals surface area contributed by atoms with Crippen LogP contribution in [0.25, 0.3) is 10.9 Å². The van der Waals surface area contributed by atoms with E-state index in [1.165, 1.54) is 12.8 Å². The van der Waals surface area contributed by atoms with Gasteiger partial charge in [-0.3, -0.25) is 0 Å². The summed E-state index contributed by atoms with van der Waals surface area (Å²) >= 11 is 13.1. The highest BCUT2D eigenvalue weighted by Gasteiger charge is 2.20. The molecule has 1 aliphatic carbocycles. The molecule has 1 aromatic carbocycles. The van der Waals surface area contributed by atoms with E-state index in [2.05, 4.69) is 42.2 Å². The van der Waals surface area contributed by atoms with E-state index in [0.717, 1.165) is 32.1 Å². The number of aromatic nitrogens is 1. The zero-order valence-corrected chi connectivity index (χ0v) is 14.6. The van der Waals surface area contributed by atoms with Crippen molar-refractivity contribution in [3.8, 4) is 5.75 Å². The molecule has 3 rings (SSSR count). The van der Waals surface area contributed by atoms with Gasteiger partial charge in [0.1, 0.15) is 17.3 Å². The highest BCUT2D eigenvalue weighted by Crippen LogP contribution is 2.38. The Hall–Kier alpha value is -0.360. The molecule has 0 saturated heterocycles. The van der Waals surface area contributed by atoms with E-state index in [9.17, 15) is 0 Å². The number of benzene rings is 1. The molecule has 3 nitrogen and oxygen atoms in total. The molecule has 1 aliphatic rings. The number of hydrogen-bond acceptors (Lipinski definition) is 3. The number of halogens is 3. The Balaban J connectivity index is 1.85. The lowest BCUT2D eigenvalue weighted by Crippen LogP contribution is -2.23. The van der Waals surface area contributed by atoms with Crippen LogP contribution in [0, 0.1) is 0 Å². The van der Waals surface area contributed by atoms with E-state index in [1.54, 1.807) is 6.07 Å². The molecule has 1 saturated carbocycles. The molecule has 0 aliphatic heterocycles. The normalized spacial score (nSPS) is 14.8. The smallest absolute Gasteiger partial charge is 0.159 e. The highest BCUT2D eigenvalue weighted by molar-refractivity contribution is 9.11. The van der Waals surface area contributed by atoms with Gasteiger partial charge in [0.15, 0.2) is 5.75 Å². The van der Waals surface area contributed by atoms with Crippen molar-refractivity contribution in [2.24, 2.45) is 0 Å². The summed E-state index contributed by atoms with van der Waals surface area (Å²) in [4.78, 5) is 4.38. The van der Waals surface area contributed by atoms with Crippen molar-refractivity contribution in [1.82, 2.24) is 10.3 Å².